The highest BCUT2D eigenvalue weighted by molar-refractivity contribution is 7.15. The van der Waals surface area contributed by atoms with E-state index in [2.05, 4.69) is 39.4 Å². The van der Waals surface area contributed by atoms with E-state index in [1.54, 1.807) is 11.3 Å². The first-order valence-corrected chi connectivity index (χ1v) is 6.90. The van der Waals surface area contributed by atoms with E-state index in [1.807, 2.05) is 0 Å². The Morgan fingerprint density at radius 2 is 2.31 bits per heavy atom. The van der Waals surface area contributed by atoms with E-state index in [0.717, 1.165) is 24.5 Å². The Hall–Kier alpha value is -0.870. The van der Waals surface area contributed by atoms with Gasteiger partial charge in [0.25, 0.3) is 0 Å². The average molecular weight is 237 g/mol. The van der Waals surface area contributed by atoms with Gasteiger partial charge in [-0.1, -0.05) is 6.92 Å². The number of hydrogen-bond donors (Lipinski definition) is 1. The third kappa shape index (κ3) is 3.06. The third-order valence-corrected chi connectivity index (χ3v) is 3.38. The summed E-state index contributed by atoms with van der Waals surface area (Å²) in [6.07, 6.45) is 9.00. The van der Waals surface area contributed by atoms with Crippen LogP contribution < -0.4 is 5.32 Å². The number of aromatic nitrogens is 2. The molecule has 1 N–H and O–H groups in total. The topological polar surface area (TPSA) is 29.3 Å². The molecule has 0 aliphatic carbocycles. The van der Waals surface area contributed by atoms with Gasteiger partial charge in [0.1, 0.15) is 0 Å². The molecule has 0 amide bonds. The van der Waals surface area contributed by atoms with Crippen LogP contribution in [0, 0.1) is 0 Å². The molecular weight excluding hydrogens is 218 g/mol. The van der Waals surface area contributed by atoms with E-state index in [-0.39, 0.29) is 0 Å². The van der Waals surface area contributed by atoms with Crippen LogP contribution in [0.3, 0.4) is 0 Å². The lowest BCUT2D eigenvalue weighted by atomic mass is 10.2. The molecule has 3 nitrogen and oxygen atoms in total. The Morgan fingerprint density at radius 3 is 3.12 bits per heavy atom. The molecule has 0 radical (unpaired) electrons. The van der Waals surface area contributed by atoms with Crippen molar-refractivity contribution in [3.05, 3.63) is 23.5 Å². The SMILES string of the molecule is CCCNCCCCc1cn2ccsc2n1. The second kappa shape index (κ2) is 6.01. The minimum absolute atomic E-state index is 1.10. The third-order valence-electron chi connectivity index (χ3n) is 2.61. The van der Waals surface area contributed by atoms with E-state index in [9.17, 15) is 0 Å². The molecule has 2 heterocycles. The highest BCUT2D eigenvalue weighted by atomic mass is 32.1. The van der Waals surface area contributed by atoms with Crippen LogP contribution in [0.2, 0.25) is 0 Å². The highest BCUT2D eigenvalue weighted by Crippen LogP contribution is 2.12. The molecule has 2 aromatic rings. The number of nitrogens with zero attached hydrogens (tertiary/aromatic N) is 2. The molecule has 4 heteroatoms. The van der Waals surface area contributed by atoms with Crippen LogP contribution in [0.4, 0.5) is 0 Å². The second-order valence-corrected chi connectivity index (χ2v) is 4.91. The van der Waals surface area contributed by atoms with Gasteiger partial charge in [0.15, 0.2) is 4.96 Å². The number of fused-ring (bicyclic) bond motifs is 1. The van der Waals surface area contributed by atoms with Gasteiger partial charge in [-0.15, -0.1) is 11.3 Å². The smallest absolute Gasteiger partial charge is 0.193 e. The van der Waals surface area contributed by atoms with Crippen molar-refractivity contribution in [3.8, 4) is 0 Å². The first-order valence-electron chi connectivity index (χ1n) is 6.02. The van der Waals surface area contributed by atoms with E-state index < -0.39 is 0 Å². The number of nitrogens with one attached hydrogen (secondary N) is 1. The molecule has 2 rings (SSSR count). The Bertz CT molecular complexity index is 390. The fourth-order valence-corrected chi connectivity index (χ4v) is 2.47. The van der Waals surface area contributed by atoms with Crippen molar-refractivity contribution >= 4 is 16.3 Å². The summed E-state index contributed by atoms with van der Waals surface area (Å²) < 4.78 is 2.11. The highest BCUT2D eigenvalue weighted by Gasteiger charge is 2.01. The predicted molar refractivity (Wildman–Crippen MR) is 69.2 cm³/mol. The maximum atomic E-state index is 4.57. The fraction of sp³-hybridized carbons (Fsp3) is 0.583. The number of imidazole rings is 1. The lowest BCUT2D eigenvalue weighted by Gasteiger charge is -2.01. The molecule has 2 aromatic heterocycles. The quantitative estimate of drug-likeness (QED) is 0.750. The Kier molecular flexibility index (Phi) is 4.36. The maximum Gasteiger partial charge on any atom is 0.193 e. The van der Waals surface area contributed by atoms with E-state index in [0.29, 0.717) is 0 Å². The van der Waals surface area contributed by atoms with Gasteiger partial charge >= 0.3 is 0 Å². The molecule has 88 valence electrons. The van der Waals surface area contributed by atoms with Gasteiger partial charge in [0.05, 0.1) is 5.69 Å². The van der Waals surface area contributed by atoms with Crippen LogP contribution in [0.25, 0.3) is 4.96 Å². The number of rotatable bonds is 7. The van der Waals surface area contributed by atoms with Crippen molar-refractivity contribution in [2.45, 2.75) is 32.6 Å². The first-order chi connectivity index (χ1) is 7.90. The molecule has 16 heavy (non-hydrogen) atoms. The summed E-state index contributed by atoms with van der Waals surface area (Å²) >= 11 is 1.70. The monoisotopic (exact) mass is 237 g/mol. The summed E-state index contributed by atoms with van der Waals surface area (Å²) in [7, 11) is 0. The Morgan fingerprint density at radius 1 is 1.38 bits per heavy atom. The van der Waals surface area contributed by atoms with Gasteiger partial charge in [-0.3, -0.25) is 4.40 Å². The molecule has 0 fully saturated rings. The van der Waals surface area contributed by atoms with Crippen molar-refractivity contribution in [3.63, 3.8) is 0 Å². The largest absolute Gasteiger partial charge is 0.317 e. The van der Waals surface area contributed by atoms with Crippen LogP contribution in [0.15, 0.2) is 17.8 Å². The molecule has 0 saturated carbocycles. The van der Waals surface area contributed by atoms with Crippen LogP contribution >= 0.6 is 11.3 Å². The van der Waals surface area contributed by atoms with Gasteiger partial charge in [-0.2, -0.15) is 0 Å². The Balaban J connectivity index is 1.68. The van der Waals surface area contributed by atoms with Gasteiger partial charge in [-0.05, 0) is 38.8 Å². The number of hydrogen-bond acceptors (Lipinski definition) is 3. The summed E-state index contributed by atoms with van der Waals surface area (Å²) in [4.78, 5) is 5.68. The van der Waals surface area contributed by atoms with Crippen LogP contribution in [0.1, 0.15) is 31.9 Å². The number of aryl methyl sites for hydroxylation is 1. The standard InChI is InChI=1S/C12H19N3S/c1-2-6-13-7-4-3-5-11-10-15-8-9-16-12(15)14-11/h8-10,13H,2-7H2,1H3. The molecule has 0 spiro atoms. The van der Waals surface area contributed by atoms with Crippen molar-refractivity contribution in [2.75, 3.05) is 13.1 Å². The number of thiazole rings is 1. The summed E-state index contributed by atoms with van der Waals surface area (Å²) in [5, 5.41) is 5.49. The molecular formula is C12H19N3S. The van der Waals surface area contributed by atoms with Gasteiger partial charge in [0.2, 0.25) is 0 Å². The average Bonchev–Trinajstić information content (AvgIpc) is 2.83. The first kappa shape index (κ1) is 11.6. The van der Waals surface area contributed by atoms with E-state index in [4.69, 9.17) is 0 Å². The minimum Gasteiger partial charge on any atom is -0.317 e. The molecule has 0 saturated heterocycles. The number of unbranched alkanes of at least 4 members (excludes halogenated alkanes) is 1. The zero-order valence-corrected chi connectivity index (χ0v) is 10.6. The van der Waals surface area contributed by atoms with E-state index in [1.165, 1.54) is 25.0 Å². The maximum absolute atomic E-state index is 4.57. The summed E-state index contributed by atoms with van der Waals surface area (Å²) in [6.45, 7) is 4.47. The van der Waals surface area contributed by atoms with Crippen LogP contribution in [-0.4, -0.2) is 22.5 Å². The normalized spacial score (nSPS) is 11.3. The fourth-order valence-electron chi connectivity index (χ4n) is 1.75. The van der Waals surface area contributed by atoms with Crippen molar-refractivity contribution in [2.24, 2.45) is 0 Å². The predicted octanol–water partition coefficient (Wildman–Crippen LogP) is 2.72. The van der Waals surface area contributed by atoms with Gasteiger partial charge in [0, 0.05) is 17.8 Å². The van der Waals surface area contributed by atoms with Gasteiger partial charge in [-0.25, -0.2) is 4.98 Å². The molecule has 0 aliphatic heterocycles. The molecule has 0 unspecified atom stereocenters. The molecule has 0 atom stereocenters. The minimum atomic E-state index is 1.10. The lowest BCUT2D eigenvalue weighted by molar-refractivity contribution is 0.614. The second-order valence-electron chi connectivity index (χ2n) is 4.03. The van der Waals surface area contributed by atoms with Crippen molar-refractivity contribution in [1.29, 1.82) is 0 Å². The van der Waals surface area contributed by atoms with Crippen molar-refractivity contribution in [1.82, 2.24) is 14.7 Å². The zero-order chi connectivity index (χ0) is 11.2. The summed E-state index contributed by atoms with van der Waals surface area (Å²) in [6, 6.07) is 0. The molecule has 0 aliphatic rings. The van der Waals surface area contributed by atoms with Crippen LogP contribution in [-0.2, 0) is 6.42 Å². The van der Waals surface area contributed by atoms with Crippen molar-refractivity contribution < 1.29 is 0 Å². The van der Waals surface area contributed by atoms with E-state index >= 15 is 0 Å². The summed E-state index contributed by atoms with van der Waals surface area (Å²) in [5.74, 6) is 0. The van der Waals surface area contributed by atoms with Crippen LogP contribution in [0.5, 0.6) is 0 Å². The summed E-state index contributed by atoms with van der Waals surface area (Å²) in [5.41, 5.74) is 1.22. The molecule has 0 bridgehead atoms. The lowest BCUT2D eigenvalue weighted by Crippen LogP contribution is -2.15. The van der Waals surface area contributed by atoms with Gasteiger partial charge < -0.3 is 5.32 Å². The molecule has 0 aromatic carbocycles. The zero-order valence-electron chi connectivity index (χ0n) is 9.78. The Labute approximate surface area is 101 Å².